The number of H-pyrrole nitrogens is 1. The van der Waals surface area contributed by atoms with E-state index in [0.29, 0.717) is 12.2 Å². The summed E-state index contributed by atoms with van der Waals surface area (Å²) in [5, 5.41) is 4.11. The first-order valence-corrected chi connectivity index (χ1v) is 11.2. The standard InChI is InChI=1S/C18H24N4O2S2/c1-11-9-19-6-7-22(11)15(23)5-8-25-10-14-20-17(24)16-12-3-2-4-13(12)26-18(16)21-14/h11,19H,2-10H2,1H3,(H,20,21,24)/t11-/m0/s1. The average Bonchev–Trinajstić information content (AvgIpc) is 3.19. The molecule has 2 aliphatic rings. The van der Waals surface area contributed by atoms with Crippen LogP contribution < -0.4 is 10.9 Å². The van der Waals surface area contributed by atoms with E-state index in [2.05, 4.69) is 22.2 Å². The summed E-state index contributed by atoms with van der Waals surface area (Å²) in [7, 11) is 0. The molecule has 2 aromatic rings. The number of aromatic nitrogens is 2. The summed E-state index contributed by atoms with van der Waals surface area (Å²) < 4.78 is 0. The summed E-state index contributed by atoms with van der Waals surface area (Å²) in [5.74, 6) is 2.32. The lowest BCUT2D eigenvalue weighted by atomic mass is 10.2. The quantitative estimate of drug-likeness (QED) is 0.760. The van der Waals surface area contributed by atoms with Crippen LogP contribution in [0, 0.1) is 0 Å². The summed E-state index contributed by atoms with van der Waals surface area (Å²) in [6.07, 6.45) is 3.76. The Labute approximate surface area is 160 Å². The molecule has 26 heavy (non-hydrogen) atoms. The number of aromatic amines is 1. The highest BCUT2D eigenvalue weighted by Crippen LogP contribution is 2.34. The molecule has 1 amide bonds. The lowest BCUT2D eigenvalue weighted by molar-refractivity contribution is -0.133. The molecule has 2 N–H and O–H groups in total. The number of hydrogen-bond donors (Lipinski definition) is 2. The van der Waals surface area contributed by atoms with Gasteiger partial charge in [0, 0.05) is 42.7 Å². The first-order valence-electron chi connectivity index (χ1n) is 9.25. The van der Waals surface area contributed by atoms with Crippen molar-refractivity contribution < 1.29 is 4.79 Å². The molecule has 1 atom stereocenters. The van der Waals surface area contributed by atoms with E-state index in [1.807, 2.05) is 4.90 Å². The molecule has 4 rings (SSSR count). The van der Waals surface area contributed by atoms with Gasteiger partial charge in [0.25, 0.3) is 5.56 Å². The van der Waals surface area contributed by atoms with Crippen LogP contribution in [0.3, 0.4) is 0 Å². The van der Waals surface area contributed by atoms with Gasteiger partial charge in [0.15, 0.2) is 0 Å². The largest absolute Gasteiger partial charge is 0.337 e. The fourth-order valence-corrected chi connectivity index (χ4v) is 5.87. The van der Waals surface area contributed by atoms with Crippen LogP contribution in [0.2, 0.25) is 0 Å². The van der Waals surface area contributed by atoms with Crippen LogP contribution in [-0.2, 0) is 23.4 Å². The van der Waals surface area contributed by atoms with Crippen molar-refractivity contribution >= 4 is 39.2 Å². The van der Waals surface area contributed by atoms with Crippen molar-refractivity contribution in [3.8, 4) is 0 Å². The van der Waals surface area contributed by atoms with Crippen molar-refractivity contribution in [2.45, 2.75) is 44.4 Å². The SMILES string of the molecule is C[C@H]1CNCCN1C(=O)CCSCc1nc2sc3c(c2c(=O)[nH]1)CCC3. The Morgan fingerprint density at radius 2 is 2.31 bits per heavy atom. The fourth-order valence-electron chi connectivity index (χ4n) is 3.80. The van der Waals surface area contributed by atoms with Gasteiger partial charge in [0.1, 0.15) is 10.7 Å². The second kappa shape index (κ2) is 7.70. The third kappa shape index (κ3) is 3.54. The van der Waals surface area contributed by atoms with Crippen LogP contribution in [0.4, 0.5) is 0 Å². The first-order chi connectivity index (χ1) is 12.6. The minimum atomic E-state index is -0.00396. The van der Waals surface area contributed by atoms with Gasteiger partial charge in [-0.15, -0.1) is 11.3 Å². The van der Waals surface area contributed by atoms with E-state index in [1.165, 1.54) is 10.4 Å². The van der Waals surface area contributed by atoms with E-state index >= 15 is 0 Å². The number of nitrogens with zero attached hydrogens (tertiary/aromatic N) is 2. The van der Waals surface area contributed by atoms with Gasteiger partial charge in [-0.05, 0) is 31.7 Å². The summed E-state index contributed by atoms with van der Waals surface area (Å²) in [4.78, 5) is 36.6. The van der Waals surface area contributed by atoms with E-state index < -0.39 is 0 Å². The third-order valence-electron chi connectivity index (χ3n) is 5.14. The molecular formula is C18H24N4O2S2. The maximum absolute atomic E-state index is 12.4. The van der Waals surface area contributed by atoms with Crippen molar-refractivity contribution in [3.05, 3.63) is 26.6 Å². The monoisotopic (exact) mass is 392 g/mol. The maximum atomic E-state index is 12.4. The zero-order valence-electron chi connectivity index (χ0n) is 15.0. The van der Waals surface area contributed by atoms with Crippen LogP contribution in [0.1, 0.15) is 36.0 Å². The van der Waals surface area contributed by atoms with E-state index in [0.717, 1.165) is 60.7 Å². The zero-order chi connectivity index (χ0) is 18.1. The minimum Gasteiger partial charge on any atom is -0.337 e. The van der Waals surface area contributed by atoms with Crippen LogP contribution >= 0.6 is 23.1 Å². The minimum absolute atomic E-state index is 0.00396. The second-order valence-corrected chi connectivity index (χ2v) is 9.18. The third-order valence-corrected chi connectivity index (χ3v) is 7.30. The molecule has 0 unspecified atom stereocenters. The first kappa shape index (κ1) is 18.0. The predicted molar refractivity (Wildman–Crippen MR) is 107 cm³/mol. The van der Waals surface area contributed by atoms with Gasteiger partial charge in [0.2, 0.25) is 5.91 Å². The molecule has 0 saturated carbocycles. The molecular weight excluding hydrogens is 368 g/mol. The van der Waals surface area contributed by atoms with Gasteiger partial charge < -0.3 is 15.2 Å². The van der Waals surface area contributed by atoms with Crippen molar-refractivity contribution in [1.82, 2.24) is 20.2 Å². The lowest BCUT2D eigenvalue weighted by Crippen LogP contribution is -2.52. The molecule has 1 saturated heterocycles. The highest BCUT2D eigenvalue weighted by atomic mass is 32.2. The Balaban J connectivity index is 1.34. The van der Waals surface area contributed by atoms with E-state index in [4.69, 9.17) is 0 Å². The number of rotatable bonds is 5. The number of nitrogens with one attached hydrogen (secondary N) is 2. The highest BCUT2D eigenvalue weighted by Gasteiger charge is 2.23. The van der Waals surface area contributed by atoms with Crippen molar-refractivity contribution in [1.29, 1.82) is 0 Å². The Kier molecular flexibility index (Phi) is 5.33. The molecule has 3 heterocycles. The van der Waals surface area contributed by atoms with Gasteiger partial charge in [-0.25, -0.2) is 4.98 Å². The van der Waals surface area contributed by atoms with Gasteiger partial charge in [0.05, 0.1) is 11.1 Å². The van der Waals surface area contributed by atoms with E-state index in [9.17, 15) is 9.59 Å². The topological polar surface area (TPSA) is 78.1 Å². The number of hydrogen-bond acceptors (Lipinski definition) is 6. The maximum Gasteiger partial charge on any atom is 0.259 e. The van der Waals surface area contributed by atoms with Gasteiger partial charge >= 0.3 is 0 Å². The average molecular weight is 393 g/mol. The lowest BCUT2D eigenvalue weighted by Gasteiger charge is -2.34. The number of aryl methyl sites for hydroxylation is 2. The molecule has 1 aliphatic heterocycles. The number of thioether (sulfide) groups is 1. The fraction of sp³-hybridized carbons (Fsp3) is 0.611. The Morgan fingerprint density at radius 1 is 1.42 bits per heavy atom. The van der Waals surface area contributed by atoms with Gasteiger partial charge in [-0.2, -0.15) is 11.8 Å². The molecule has 0 bridgehead atoms. The Bertz CT molecular complexity index is 876. The summed E-state index contributed by atoms with van der Waals surface area (Å²) in [6, 6.07) is 0.266. The van der Waals surface area contributed by atoms with Gasteiger partial charge in [-0.1, -0.05) is 0 Å². The molecule has 140 valence electrons. The number of thiophene rings is 1. The number of carbonyl (C=O) groups is 1. The zero-order valence-corrected chi connectivity index (χ0v) is 16.6. The number of piperazine rings is 1. The molecule has 8 heteroatoms. The summed E-state index contributed by atoms with van der Waals surface area (Å²) in [6.45, 7) is 4.62. The van der Waals surface area contributed by atoms with Crippen molar-refractivity contribution in [2.75, 3.05) is 25.4 Å². The molecule has 0 spiro atoms. The van der Waals surface area contributed by atoms with Crippen LogP contribution in [0.15, 0.2) is 4.79 Å². The number of fused-ring (bicyclic) bond motifs is 3. The number of carbonyl (C=O) groups excluding carboxylic acids is 1. The Hall–Kier alpha value is -1.38. The molecule has 2 aromatic heterocycles. The molecule has 6 nitrogen and oxygen atoms in total. The van der Waals surface area contributed by atoms with Gasteiger partial charge in [-0.3, -0.25) is 9.59 Å². The smallest absolute Gasteiger partial charge is 0.259 e. The molecule has 0 radical (unpaired) electrons. The molecule has 1 aliphatic carbocycles. The Morgan fingerprint density at radius 3 is 3.15 bits per heavy atom. The summed E-state index contributed by atoms with van der Waals surface area (Å²) in [5.41, 5.74) is 1.21. The summed E-state index contributed by atoms with van der Waals surface area (Å²) >= 11 is 3.33. The van der Waals surface area contributed by atoms with Crippen molar-refractivity contribution in [2.24, 2.45) is 0 Å². The van der Waals surface area contributed by atoms with Crippen LogP contribution in [-0.4, -0.2) is 52.2 Å². The van der Waals surface area contributed by atoms with Crippen molar-refractivity contribution in [3.63, 3.8) is 0 Å². The van der Waals surface area contributed by atoms with E-state index in [-0.39, 0.29) is 17.5 Å². The normalized spacial score (nSPS) is 19.9. The predicted octanol–water partition coefficient (Wildman–Crippen LogP) is 1.92. The van der Waals surface area contributed by atoms with E-state index in [1.54, 1.807) is 23.1 Å². The van der Waals surface area contributed by atoms with Crippen LogP contribution in [0.5, 0.6) is 0 Å². The second-order valence-electron chi connectivity index (χ2n) is 6.99. The molecule has 0 aromatic carbocycles. The molecule has 1 fully saturated rings. The highest BCUT2D eigenvalue weighted by molar-refractivity contribution is 7.98. The van der Waals surface area contributed by atoms with Crippen LogP contribution in [0.25, 0.3) is 10.2 Å². The number of amides is 1.